The lowest BCUT2D eigenvalue weighted by atomic mass is 10.3. The van der Waals surface area contributed by atoms with E-state index in [-0.39, 0.29) is 24.8 Å². The van der Waals surface area contributed by atoms with Gasteiger partial charge < -0.3 is 15.4 Å². The maximum atomic E-state index is 12.1. The minimum absolute atomic E-state index is 0.137. The molecule has 0 radical (unpaired) electrons. The third-order valence-electron chi connectivity index (χ3n) is 3.43. The van der Waals surface area contributed by atoms with Crippen molar-refractivity contribution in [3.05, 3.63) is 75.7 Å². The molecule has 1 aromatic heterocycles. The predicted molar refractivity (Wildman–Crippen MR) is 105 cm³/mol. The molecule has 0 unspecified atom stereocenters. The molecule has 8 heteroatoms. The Hall–Kier alpha value is -2.90. The van der Waals surface area contributed by atoms with Gasteiger partial charge in [0.25, 0.3) is 5.91 Å². The van der Waals surface area contributed by atoms with Crippen molar-refractivity contribution in [3.8, 4) is 5.75 Å². The number of amides is 2. The van der Waals surface area contributed by atoms with Crippen LogP contribution < -0.4 is 15.4 Å². The topological polar surface area (TPSA) is 80.3 Å². The van der Waals surface area contributed by atoms with Gasteiger partial charge >= 0.3 is 0 Å². The van der Waals surface area contributed by atoms with Crippen molar-refractivity contribution in [1.82, 2.24) is 10.3 Å². The van der Waals surface area contributed by atoms with Crippen LogP contribution in [0.15, 0.2) is 60.0 Å². The van der Waals surface area contributed by atoms with E-state index in [9.17, 15) is 9.59 Å². The molecule has 0 saturated carbocycles. The van der Waals surface area contributed by atoms with Gasteiger partial charge in [-0.05, 0) is 36.4 Å². The van der Waals surface area contributed by atoms with Crippen molar-refractivity contribution < 1.29 is 14.3 Å². The standard InChI is InChI=1S/C19H16ClN3O3S/c20-13-6-8-15(9-7-13)26-11-18-23-16(12-27-18)19(25)21-10-17(24)22-14-4-2-1-3-5-14/h1-9,12H,10-11H2,(H,21,25)(H,22,24). The molecular weight excluding hydrogens is 386 g/mol. The molecule has 2 N–H and O–H groups in total. The van der Waals surface area contributed by atoms with E-state index in [0.717, 1.165) is 0 Å². The summed E-state index contributed by atoms with van der Waals surface area (Å²) in [5.74, 6) is -0.0542. The third-order valence-corrected chi connectivity index (χ3v) is 4.50. The summed E-state index contributed by atoms with van der Waals surface area (Å²) in [7, 11) is 0. The lowest BCUT2D eigenvalue weighted by Gasteiger charge is -2.05. The van der Waals surface area contributed by atoms with Gasteiger partial charge in [-0.15, -0.1) is 11.3 Å². The number of thiazole rings is 1. The molecule has 6 nitrogen and oxygen atoms in total. The smallest absolute Gasteiger partial charge is 0.271 e. The molecule has 0 aliphatic carbocycles. The van der Waals surface area contributed by atoms with E-state index >= 15 is 0 Å². The number of hydrogen-bond donors (Lipinski definition) is 2. The number of para-hydroxylation sites is 1. The van der Waals surface area contributed by atoms with E-state index in [2.05, 4.69) is 15.6 Å². The van der Waals surface area contributed by atoms with E-state index in [1.54, 1.807) is 41.8 Å². The first-order valence-electron chi connectivity index (χ1n) is 8.06. The lowest BCUT2D eigenvalue weighted by Crippen LogP contribution is -2.33. The fourth-order valence-corrected chi connectivity index (χ4v) is 2.95. The van der Waals surface area contributed by atoms with Gasteiger partial charge in [0.15, 0.2) is 0 Å². The number of anilines is 1. The molecule has 3 rings (SSSR count). The quantitative estimate of drug-likeness (QED) is 0.632. The Morgan fingerprint density at radius 2 is 1.81 bits per heavy atom. The molecular formula is C19H16ClN3O3S. The van der Waals surface area contributed by atoms with Crippen LogP contribution in [-0.2, 0) is 11.4 Å². The number of benzene rings is 2. The summed E-state index contributed by atoms with van der Waals surface area (Å²) in [6.45, 7) is 0.107. The second-order valence-corrected chi connectivity index (χ2v) is 6.85. The number of carbonyl (C=O) groups excluding carboxylic acids is 2. The van der Waals surface area contributed by atoms with Crippen LogP contribution in [0.25, 0.3) is 0 Å². The summed E-state index contributed by atoms with van der Waals surface area (Å²) in [6.07, 6.45) is 0. The van der Waals surface area contributed by atoms with Crippen molar-refractivity contribution in [2.24, 2.45) is 0 Å². The van der Waals surface area contributed by atoms with Crippen molar-refractivity contribution in [3.63, 3.8) is 0 Å². The number of halogens is 1. The van der Waals surface area contributed by atoms with Gasteiger partial charge in [0.05, 0.1) is 6.54 Å². The Morgan fingerprint density at radius 1 is 1.07 bits per heavy atom. The van der Waals surface area contributed by atoms with Crippen LogP contribution >= 0.6 is 22.9 Å². The number of nitrogens with zero attached hydrogens (tertiary/aromatic N) is 1. The highest BCUT2D eigenvalue weighted by molar-refractivity contribution is 7.09. The number of rotatable bonds is 7. The molecule has 0 aliphatic heterocycles. The molecule has 0 aliphatic rings. The molecule has 0 saturated heterocycles. The Labute approximate surface area is 165 Å². The Bertz CT molecular complexity index is 913. The number of ether oxygens (including phenoxy) is 1. The second-order valence-electron chi connectivity index (χ2n) is 5.47. The summed E-state index contributed by atoms with van der Waals surface area (Å²) >= 11 is 7.14. The monoisotopic (exact) mass is 401 g/mol. The van der Waals surface area contributed by atoms with Crippen molar-refractivity contribution in [1.29, 1.82) is 0 Å². The zero-order chi connectivity index (χ0) is 19.1. The van der Waals surface area contributed by atoms with Gasteiger partial charge in [0.2, 0.25) is 5.91 Å². The minimum Gasteiger partial charge on any atom is -0.486 e. The number of carbonyl (C=O) groups is 2. The van der Waals surface area contributed by atoms with Crippen LogP contribution in [0.3, 0.4) is 0 Å². The fraction of sp³-hybridized carbons (Fsp3) is 0.105. The van der Waals surface area contributed by atoms with Crippen LogP contribution in [0.1, 0.15) is 15.5 Å². The van der Waals surface area contributed by atoms with E-state index in [0.29, 0.717) is 21.5 Å². The zero-order valence-electron chi connectivity index (χ0n) is 14.1. The Morgan fingerprint density at radius 3 is 2.56 bits per heavy atom. The first kappa shape index (κ1) is 18.9. The van der Waals surface area contributed by atoms with Crippen LogP contribution in [0.5, 0.6) is 5.75 Å². The average molecular weight is 402 g/mol. The molecule has 0 bridgehead atoms. The minimum atomic E-state index is -0.410. The Kier molecular flexibility index (Phi) is 6.40. The molecule has 1 heterocycles. The summed E-state index contributed by atoms with van der Waals surface area (Å²) in [6, 6.07) is 16.0. The number of aromatic nitrogens is 1. The molecule has 0 fully saturated rings. The largest absolute Gasteiger partial charge is 0.486 e. The predicted octanol–water partition coefficient (Wildman–Crippen LogP) is 3.74. The first-order valence-corrected chi connectivity index (χ1v) is 9.32. The summed E-state index contributed by atoms with van der Waals surface area (Å²) in [5, 5.41) is 8.16. The van der Waals surface area contributed by atoms with Crippen molar-refractivity contribution >= 4 is 40.4 Å². The highest BCUT2D eigenvalue weighted by Gasteiger charge is 2.12. The van der Waals surface area contributed by atoms with Gasteiger partial charge in [-0.3, -0.25) is 9.59 Å². The highest BCUT2D eigenvalue weighted by atomic mass is 35.5. The molecule has 0 spiro atoms. The van der Waals surface area contributed by atoms with Crippen LogP contribution in [-0.4, -0.2) is 23.3 Å². The maximum absolute atomic E-state index is 12.1. The molecule has 0 atom stereocenters. The molecule has 2 aromatic carbocycles. The van der Waals surface area contributed by atoms with E-state index in [1.807, 2.05) is 18.2 Å². The van der Waals surface area contributed by atoms with Gasteiger partial charge in [-0.1, -0.05) is 29.8 Å². The Balaban J connectivity index is 1.46. The lowest BCUT2D eigenvalue weighted by molar-refractivity contribution is -0.115. The van der Waals surface area contributed by atoms with Crippen LogP contribution in [0.2, 0.25) is 5.02 Å². The van der Waals surface area contributed by atoms with E-state index in [1.165, 1.54) is 11.3 Å². The number of hydrogen-bond acceptors (Lipinski definition) is 5. The molecule has 2 amide bonds. The zero-order valence-corrected chi connectivity index (χ0v) is 15.7. The van der Waals surface area contributed by atoms with E-state index < -0.39 is 5.91 Å². The number of nitrogens with one attached hydrogen (secondary N) is 2. The normalized spacial score (nSPS) is 10.3. The maximum Gasteiger partial charge on any atom is 0.271 e. The van der Waals surface area contributed by atoms with Crippen molar-refractivity contribution in [2.45, 2.75) is 6.61 Å². The fourth-order valence-electron chi connectivity index (χ4n) is 2.14. The van der Waals surface area contributed by atoms with Gasteiger partial charge in [-0.25, -0.2) is 4.98 Å². The van der Waals surface area contributed by atoms with Gasteiger partial charge in [0.1, 0.15) is 23.1 Å². The van der Waals surface area contributed by atoms with Gasteiger partial charge in [-0.2, -0.15) is 0 Å². The molecule has 138 valence electrons. The van der Waals surface area contributed by atoms with Gasteiger partial charge in [0, 0.05) is 16.1 Å². The van der Waals surface area contributed by atoms with Crippen LogP contribution in [0, 0.1) is 0 Å². The summed E-state index contributed by atoms with van der Waals surface area (Å²) in [5.41, 5.74) is 0.925. The summed E-state index contributed by atoms with van der Waals surface area (Å²) < 4.78 is 5.60. The average Bonchev–Trinajstić information content (AvgIpc) is 3.16. The SMILES string of the molecule is O=C(CNC(=O)c1csc(COc2ccc(Cl)cc2)n1)Nc1ccccc1. The second kappa shape index (κ2) is 9.16. The molecule has 3 aromatic rings. The highest BCUT2D eigenvalue weighted by Crippen LogP contribution is 2.18. The summed E-state index contributed by atoms with van der Waals surface area (Å²) in [4.78, 5) is 28.2. The molecule has 27 heavy (non-hydrogen) atoms. The first-order chi connectivity index (χ1) is 13.1. The van der Waals surface area contributed by atoms with Crippen molar-refractivity contribution in [2.75, 3.05) is 11.9 Å². The third kappa shape index (κ3) is 5.80. The van der Waals surface area contributed by atoms with E-state index in [4.69, 9.17) is 16.3 Å². The van der Waals surface area contributed by atoms with Crippen LogP contribution in [0.4, 0.5) is 5.69 Å².